The number of carbonyl (C=O) groups is 1. The number of methoxy groups -OCH3 is 1. The minimum atomic E-state index is -0.837. The number of aromatic nitrogens is 1. The molecular weight excluding hydrogens is 383 g/mol. The Labute approximate surface area is 168 Å². The predicted molar refractivity (Wildman–Crippen MR) is 105 cm³/mol. The Kier molecular flexibility index (Phi) is 7.38. The molecular formula is C21H22ClFN2O3. The largest absolute Gasteiger partial charge is 0.457 e. The second kappa shape index (κ2) is 9.54. The van der Waals surface area contributed by atoms with Crippen LogP contribution in [0.1, 0.15) is 35.5 Å². The predicted octanol–water partition coefficient (Wildman–Crippen LogP) is 4.76. The fraction of sp³-hybridized carbons (Fsp3) is 0.333. The van der Waals surface area contributed by atoms with Crippen LogP contribution in [0.25, 0.3) is 6.08 Å². The monoisotopic (exact) mass is 404 g/mol. The summed E-state index contributed by atoms with van der Waals surface area (Å²) >= 11 is 5.93. The molecule has 0 N–H and O–H groups in total. The molecule has 0 fully saturated rings. The number of ether oxygens (including phenoxy) is 2. The standard InChI is InChI=1S/C21H22ClFN2O3/c1-13-8-16(15(3)25(13)14(2)11-27-4)9-17(10-24)21(26)28-12-18-19(22)6-5-7-20(18)23/h5-9,14H,11-12H2,1-4H3/b17-9+/t14-/m0/s1. The van der Waals surface area contributed by atoms with Crippen LogP contribution in [0.15, 0.2) is 29.8 Å². The SMILES string of the molecule is COC[C@H](C)n1c(C)cc(/C=C(\C#N)C(=O)OCc2c(F)cccc2Cl)c1C. The van der Waals surface area contributed by atoms with Crippen LogP contribution in [0.3, 0.4) is 0 Å². The van der Waals surface area contributed by atoms with Crippen molar-refractivity contribution in [3.8, 4) is 6.07 Å². The Hall–Kier alpha value is -2.62. The third-order valence-corrected chi connectivity index (χ3v) is 4.78. The highest BCUT2D eigenvalue weighted by Gasteiger charge is 2.17. The average Bonchev–Trinajstić information content (AvgIpc) is 2.92. The van der Waals surface area contributed by atoms with E-state index in [1.54, 1.807) is 7.11 Å². The summed E-state index contributed by atoms with van der Waals surface area (Å²) in [5.41, 5.74) is 2.52. The van der Waals surface area contributed by atoms with Crippen molar-refractivity contribution in [1.82, 2.24) is 4.57 Å². The van der Waals surface area contributed by atoms with Gasteiger partial charge in [-0.1, -0.05) is 17.7 Å². The van der Waals surface area contributed by atoms with Crippen molar-refractivity contribution in [2.75, 3.05) is 13.7 Å². The van der Waals surface area contributed by atoms with E-state index in [1.165, 1.54) is 24.3 Å². The Morgan fingerprint density at radius 1 is 1.43 bits per heavy atom. The molecule has 1 aromatic carbocycles. The molecule has 0 amide bonds. The lowest BCUT2D eigenvalue weighted by atomic mass is 10.1. The van der Waals surface area contributed by atoms with Crippen LogP contribution < -0.4 is 0 Å². The van der Waals surface area contributed by atoms with Gasteiger partial charge in [-0.25, -0.2) is 9.18 Å². The Balaban J connectivity index is 2.23. The van der Waals surface area contributed by atoms with Gasteiger partial charge < -0.3 is 14.0 Å². The summed E-state index contributed by atoms with van der Waals surface area (Å²) in [5, 5.41) is 9.54. The maximum Gasteiger partial charge on any atom is 0.349 e. The van der Waals surface area contributed by atoms with Crippen molar-refractivity contribution in [2.24, 2.45) is 0 Å². The Morgan fingerprint density at radius 3 is 2.75 bits per heavy atom. The molecule has 2 rings (SSSR count). The van der Waals surface area contributed by atoms with Crippen molar-refractivity contribution in [3.05, 3.63) is 63.2 Å². The first-order valence-electron chi connectivity index (χ1n) is 8.69. The van der Waals surface area contributed by atoms with Gasteiger partial charge in [0.15, 0.2) is 0 Å². The van der Waals surface area contributed by atoms with E-state index in [2.05, 4.69) is 4.57 Å². The number of hydrogen-bond acceptors (Lipinski definition) is 4. The number of nitrogens with zero attached hydrogens (tertiary/aromatic N) is 2. The van der Waals surface area contributed by atoms with Crippen molar-refractivity contribution < 1.29 is 18.7 Å². The van der Waals surface area contributed by atoms with Crippen LogP contribution in [0.2, 0.25) is 5.02 Å². The van der Waals surface area contributed by atoms with Gasteiger partial charge in [0.25, 0.3) is 0 Å². The van der Waals surface area contributed by atoms with Crippen molar-refractivity contribution >= 4 is 23.6 Å². The number of rotatable bonds is 7. The van der Waals surface area contributed by atoms with Crippen LogP contribution >= 0.6 is 11.6 Å². The third kappa shape index (κ3) is 4.80. The van der Waals surface area contributed by atoms with Gasteiger partial charge in [0.1, 0.15) is 24.1 Å². The van der Waals surface area contributed by atoms with Crippen LogP contribution in [-0.4, -0.2) is 24.3 Å². The van der Waals surface area contributed by atoms with E-state index in [-0.39, 0.29) is 28.8 Å². The second-order valence-electron chi connectivity index (χ2n) is 6.45. The van der Waals surface area contributed by atoms with Gasteiger partial charge in [-0.05, 0) is 50.6 Å². The maximum absolute atomic E-state index is 13.8. The molecule has 148 valence electrons. The molecule has 28 heavy (non-hydrogen) atoms. The normalized spacial score (nSPS) is 12.5. The number of carbonyl (C=O) groups excluding carboxylic acids is 1. The summed E-state index contributed by atoms with van der Waals surface area (Å²) in [5.74, 6) is -1.41. The van der Waals surface area contributed by atoms with Crippen molar-refractivity contribution in [2.45, 2.75) is 33.4 Å². The lowest BCUT2D eigenvalue weighted by Gasteiger charge is -2.17. The first-order valence-corrected chi connectivity index (χ1v) is 9.07. The van der Waals surface area contributed by atoms with E-state index in [1.807, 2.05) is 32.9 Å². The first kappa shape index (κ1) is 21.7. The molecule has 0 saturated carbocycles. The quantitative estimate of drug-likeness (QED) is 0.379. The molecule has 0 aliphatic heterocycles. The summed E-state index contributed by atoms with van der Waals surface area (Å²) in [4.78, 5) is 12.3. The Bertz CT molecular complexity index is 924. The number of esters is 1. The minimum Gasteiger partial charge on any atom is -0.457 e. The van der Waals surface area contributed by atoms with Crippen LogP contribution in [0.4, 0.5) is 4.39 Å². The first-order chi connectivity index (χ1) is 13.3. The molecule has 7 heteroatoms. The van der Waals surface area contributed by atoms with Gasteiger partial charge in [0.2, 0.25) is 0 Å². The molecule has 1 atom stereocenters. The molecule has 0 saturated heterocycles. The van der Waals surface area contributed by atoms with E-state index in [0.717, 1.165) is 17.0 Å². The number of aryl methyl sites for hydroxylation is 1. The number of halogens is 2. The fourth-order valence-corrected chi connectivity index (χ4v) is 3.34. The van der Waals surface area contributed by atoms with Gasteiger partial charge in [-0.15, -0.1) is 0 Å². The van der Waals surface area contributed by atoms with E-state index >= 15 is 0 Å². The molecule has 0 unspecified atom stereocenters. The van der Waals surface area contributed by atoms with E-state index in [4.69, 9.17) is 21.1 Å². The molecule has 1 aromatic heterocycles. The van der Waals surface area contributed by atoms with E-state index < -0.39 is 11.8 Å². The number of benzene rings is 1. The van der Waals surface area contributed by atoms with Gasteiger partial charge in [-0.2, -0.15) is 5.26 Å². The van der Waals surface area contributed by atoms with Crippen molar-refractivity contribution in [3.63, 3.8) is 0 Å². The molecule has 0 radical (unpaired) electrons. The number of hydrogen-bond donors (Lipinski definition) is 0. The highest BCUT2D eigenvalue weighted by Crippen LogP contribution is 2.24. The fourth-order valence-electron chi connectivity index (χ4n) is 3.12. The molecule has 2 aromatic rings. The van der Waals surface area contributed by atoms with Gasteiger partial charge in [-0.3, -0.25) is 0 Å². The molecule has 1 heterocycles. The summed E-state index contributed by atoms with van der Waals surface area (Å²) < 4.78 is 26.2. The molecule has 0 bridgehead atoms. The van der Waals surface area contributed by atoms with Gasteiger partial charge in [0.05, 0.1) is 17.7 Å². The lowest BCUT2D eigenvalue weighted by Crippen LogP contribution is -2.13. The summed E-state index contributed by atoms with van der Waals surface area (Å²) in [6, 6.07) is 8.04. The van der Waals surface area contributed by atoms with Gasteiger partial charge >= 0.3 is 5.97 Å². The highest BCUT2D eigenvalue weighted by atomic mass is 35.5. The van der Waals surface area contributed by atoms with Crippen LogP contribution in [-0.2, 0) is 20.9 Å². The lowest BCUT2D eigenvalue weighted by molar-refractivity contribution is -0.139. The third-order valence-electron chi connectivity index (χ3n) is 4.42. The number of nitriles is 1. The molecule has 0 aliphatic rings. The van der Waals surface area contributed by atoms with Gasteiger partial charge in [0, 0.05) is 24.1 Å². The van der Waals surface area contributed by atoms with E-state index in [0.29, 0.717) is 6.61 Å². The maximum atomic E-state index is 13.8. The molecule has 5 nitrogen and oxygen atoms in total. The van der Waals surface area contributed by atoms with Crippen LogP contribution in [0, 0.1) is 31.0 Å². The summed E-state index contributed by atoms with van der Waals surface area (Å²) in [6.07, 6.45) is 1.48. The zero-order valence-corrected chi connectivity index (χ0v) is 17.0. The van der Waals surface area contributed by atoms with E-state index in [9.17, 15) is 14.4 Å². The molecule has 0 spiro atoms. The minimum absolute atomic E-state index is 0.0707. The molecule has 0 aliphatic carbocycles. The average molecular weight is 405 g/mol. The second-order valence-corrected chi connectivity index (χ2v) is 6.85. The zero-order chi connectivity index (χ0) is 20.8. The zero-order valence-electron chi connectivity index (χ0n) is 16.3. The highest BCUT2D eigenvalue weighted by molar-refractivity contribution is 6.31. The Morgan fingerprint density at radius 2 is 2.14 bits per heavy atom. The summed E-state index contributed by atoms with van der Waals surface area (Å²) in [6.45, 7) is 6.06. The smallest absolute Gasteiger partial charge is 0.349 e. The van der Waals surface area contributed by atoms with Crippen molar-refractivity contribution in [1.29, 1.82) is 5.26 Å². The van der Waals surface area contributed by atoms with Crippen LogP contribution in [0.5, 0.6) is 0 Å². The topological polar surface area (TPSA) is 64.2 Å². The summed E-state index contributed by atoms with van der Waals surface area (Å²) in [7, 11) is 1.64.